The highest BCUT2D eigenvalue weighted by Crippen LogP contribution is 2.25. The van der Waals surface area contributed by atoms with E-state index in [0.29, 0.717) is 18.2 Å². The molecular formula is C12H23NO3. The Labute approximate surface area is 97.6 Å². The van der Waals surface area contributed by atoms with E-state index in [4.69, 9.17) is 14.2 Å². The third kappa shape index (κ3) is 3.17. The second-order valence-electron chi connectivity index (χ2n) is 5.13. The zero-order valence-corrected chi connectivity index (χ0v) is 10.5. The second kappa shape index (κ2) is 5.00. The summed E-state index contributed by atoms with van der Waals surface area (Å²) in [6, 6.07) is 0.913. The van der Waals surface area contributed by atoms with Crippen molar-refractivity contribution in [1.82, 2.24) is 5.32 Å². The third-order valence-corrected chi connectivity index (χ3v) is 3.23. The van der Waals surface area contributed by atoms with Crippen molar-refractivity contribution in [2.24, 2.45) is 0 Å². The van der Waals surface area contributed by atoms with Crippen LogP contribution in [-0.2, 0) is 14.2 Å². The Kier molecular flexibility index (Phi) is 3.85. The molecule has 0 amide bonds. The van der Waals surface area contributed by atoms with Gasteiger partial charge in [-0.25, -0.2) is 0 Å². The van der Waals surface area contributed by atoms with E-state index >= 15 is 0 Å². The zero-order valence-electron chi connectivity index (χ0n) is 10.5. The molecule has 0 aromatic heterocycles. The zero-order chi connectivity index (χ0) is 11.6. The molecule has 1 heterocycles. The first-order valence-electron chi connectivity index (χ1n) is 6.24. The van der Waals surface area contributed by atoms with Crippen molar-refractivity contribution in [2.45, 2.75) is 57.6 Å². The molecule has 0 unspecified atom stereocenters. The number of rotatable bonds is 4. The minimum absolute atomic E-state index is 0.334. The van der Waals surface area contributed by atoms with E-state index < -0.39 is 5.79 Å². The predicted octanol–water partition coefficient (Wildman–Crippen LogP) is 1.29. The first kappa shape index (κ1) is 12.3. The molecule has 2 fully saturated rings. The van der Waals surface area contributed by atoms with Gasteiger partial charge in [0.05, 0.1) is 25.4 Å². The first-order chi connectivity index (χ1) is 7.59. The lowest BCUT2D eigenvalue weighted by Gasteiger charge is -2.41. The summed E-state index contributed by atoms with van der Waals surface area (Å²) in [5, 5.41) is 3.55. The maximum atomic E-state index is 5.61. The molecule has 4 heteroatoms. The highest BCUT2D eigenvalue weighted by Gasteiger charge is 2.34. The minimum Gasteiger partial charge on any atom is -0.378 e. The number of nitrogens with one attached hydrogen (secondary N) is 1. The van der Waals surface area contributed by atoms with Crippen molar-refractivity contribution in [2.75, 3.05) is 19.8 Å². The fourth-order valence-electron chi connectivity index (χ4n) is 2.20. The molecule has 94 valence electrons. The summed E-state index contributed by atoms with van der Waals surface area (Å²) in [5.41, 5.74) is 0. The van der Waals surface area contributed by atoms with Crippen LogP contribution in [-0.4, -0.2) is 43.8 Å². The van der Waals surface area contributed by atoms with Crippen LogP contribution in [0.5, 0.6) is 0 Å². The Bertz CT molecular complexity index is 216. The number of hydrogen-bond acceptors (Lipinski definition) is 4. The maximum Gasteiger partial charge on any atom is 0.162 e. The lowest BCUT2D eigenvalue weighted by Crippen LogP contribution is -2.55. The fourth-order valence-corrected chi connectivity index (χ4v) is 2.20. The molecule has 2 rings (SSSR count). The van der Waals surface area contributed by atoms with Crippen LogP contribution in [0.2, 0.25) is 0 Å². The van der Waals surface area contributed by atoms with E-state index in [2.05, 4.69) is 5.32 Å². The van der Waals surface area contributed by atoms with Gasteiger partial charge in [-0.1, -0.05) is 0 Å². The first-order valence-corrected chi connectivity index (χ1v) is 6.24. The van der Waals surface area contributed by atoms with Gasteiger partial charge in [0, 0.05) is 12.6 Å². The van der Waals surface area contributed by atoms with Crippen LogP contribution in [0.3, 0.4) is 0 Å². The molecule has 1 saturated heterocycles. The average Bonchev–Trinajstić information content (AvgIpc) is 2.17. The van der Waals surface area contributed by atoms with Crippen LogP contribution in [0.1, 0.15) is 33.6 Å². The van der Waals surface area contributed by atoms with Gasteiger partial charge in [0.25, 0.3) is 0 Å². The molecule has 2 aliphatic rings. The highest BCUT2D eigenvalue weighted by molar-refractivity contribution is 4.89. The van der Waals surface area contributed by atoms with Crippen molar-refractivity contribution in [1.29, 1.82) is 0 Å². The topological polar surface area (TPSA) is 39.7 Å². The molecule has 0 aromatic rings. The van der Waals surface area contributed by atoms with E-state index in [1.165, 1.54) is 0 Å². The van der Waals surface area contributed by atoms with Crippen LogP contribution >= 0.6 is 0 Å². The molecule has 0 bridgehead atoms. The van der Waals surface area contributed by atoms with Gasteiger partial charge in [-0.3, -0.25) is 0 Å². The lowest BCUT2D eigenvalue weighted by atomic mass is 9.88. The van der Waals surface area contributed by atoms with Gasteiger partial charge in [0.15, 0.2) is 5.79 Å². The molecule has 16 heavy (non-hydrogen) atoms. The average molecular weight is 229 g/mol. The standard InChI is InChI=1S/C12H23NO3/c1-4-14-11-5-9(6-11)13-10-7-15-12(2,3)16-8-10/h9-11,13H,4-8H2,1-3H3. The van der Waals surface area contributed by atoms with E-state index in [-0.39, 0.29) is 0 Å². The Balaban J connectivity index is 1.62. The van der Waals surface area contributed by atoms with Gasteiger partial charge in [-0.2, -0.15) is 0 Å². The molecule has 1 aliphatic carbocycles. The summed E-state index contributed by atoms with van der Waals surface area (Å²) < 4.78 is 16.7. The summed E-state index contributed by atoms with van der Waals surface area (Å²) in [4.78, 5) is 0. The van der Waals surface area contributed by atoms with Gasteiger partial charge < -0.3 is 19.5 Å². The lowest BCUT2D eigenvalue weighted by molar-refractivity contribution is -0.254. The minimum atomic E-state index is -0.411. The summed E-state index contributed by atoms with van der Waals surface area (Å²) >= 11 is 0. The van der Waals surface area contributed by atoms with Crippen LogP contribution in [0.4, 0.5) is 0 Å². The number of ether oxygens (including phenoxy) is 3. The molecule has 0 atom stereocenters. The molecule has 4 nitrogen and oxygen atoms in total. The van der Waals surface area contributed by atoms with Gasteiger partial charge in [0.2, 0.25) is 0 Å². The van der Waals surface area contributed by atoms with Gasteiger partial charge >= 0.3 is 0 Å². The Morgan fingerprint density at radius 1 is 1.19 bits per heavy atom. The van der Waals surface area contributed by atoms with E-state index in [1.807, 2.05) is 20.8 Å². The maximum absolute atomic E-state index is 5.61. The van der Waals surface area contributed by atoms with Crippen LogP contribution in [0, 0.1) is 0 Å². The predicted molar refractivity (Wildman–Crippen MR) is 61.3 cm³/mol. The molecule has 0 aromatic carbocycles. The normalized spacial score (nSPS) is 34.7. The van der Waals surface area contributed by atoms with Crippen molar-refractivity contribution in [3.63, 3.8) is 0 Å². The summed E-state index contributed by atoms with van der Waals surface area (Å²) in [7, 11) is 0. The fraction of sp³-hybridized carbons (Fsp3) is 1.00. The van der Waals surface area contributed by atoms with Crippen LogP contribution < -0.4 is 5.32 Å². The quantitative estimate of drug-likeness (QED) is 0.788. The molecular weight excluding hydrogens is 206 g/mol. The third-order valence-electron chi connectivity index (χ3n) is 3.23. The Hall–Kier alpha value is -0.160. The Morgan fingerprint density at radius 2 is 1.81 bits per heavy atom. The van der Waals surface area contributed by atoms with Gasteiger partial charge in [-0.05, 0) is 33.6 Å². The molecule has 1 N–H and O–H groups in total. The largest absolute Gasteiger partial charge is 0.378 e. The summed E-state index contributed by atoms with van der Waals surface area (Å²) in [5.74, 6) is -0.411. The van der Waals surface area contributed by atoms with Crippen LogP contribution in [0.25, 0.3) is 0 Å². The monoisotopic (exact) mass is 229 g/mol. The van der Waals surface area contributed by atoms with E-state index in [0.717, 1.165) is 32.7 Å². The molecule has 1 saturated carbocycles. The SMILES string of the molecule is CCOC1CC(NC2COC(C)(C)OC2)C1. The van der Waals surface area contributed by atoms with E-state index in [1.54, 1.807) is 0 Å². The summed E-state index contributed by atoms with van der Waals surface area (Å²) in [6.45, 7) is 8.26. The van der Waals surface area contributed by atoms with Gasteiger partial charge in [0.1, 0.15) is 0 Å². The van der Waals surface area contributed by atoms with Crippen molar-refractivity contribution < 1.29 is 14.2 Å². The highest BCUT2D eigenvalue weighted by atomic mass is 16.7. The summed E-state index contributed by atoms with van der Waals surface area (Å²) in [6.07, 6.45) is 2.70. The molecule has 0 radical (unpaired) electrons. The van der Waals surface area contributed by atoms with Gasteiger partial charge in [-0.15, -0.1) is 0 Å². The molecule has 1 aliphatic heterocycles. The Morgan fingerprint density at radius 3 is 2.38 bits per heavy atom. The second-order valence-corrected chi connectivity index (χ2v) is 5.13. The van der Waals surface area contributed by atoms with Crippen molar-refractivity contribution in [3.8, 4) is 0 Å². The molecule has 0 spiro atoms. The van der Waals surface area contributed by atoms with Crippen molar-refractivity contribution in [3.05, 3.63) is 0 Å². The van der Waals surface area contributed by atoms with Crippen LogP contribution in [0.15, 0.2) is 0 Å². The number of hydrogen-bond donors (Lipinski definition) is 1. The smallest absolute Gasteiger partial charge is 0.162 e. The van der Waals surface area contributed by atoms with Crippen molar-refractivity contribution >= 4 is 0 Å². The van der Waals surface area contributed by atoms with E-state index in [9.17, 15) is 0 Å².